The molecule has 6 rings (SSSR count). The number of ether oxygens (including phenoxy) is 1. The monoisotopic (exact) mass is 730 g/mol. The zero-order valence-corrected chi connectivity index (χ0v) is 28.0. The molecule has 6 aromatic rings. The predicted octanol–water partition coefficient (Wildman–Crippen LogP) is 5.44. The Labute approximate surface area is 279 Å². The first-order chi connectivity index (χ1) is 18.8. The van der Waals surface area contributed by atoms with Crippen molar-refractivity contribution in [3.63, 3.8) is 0 Å². The van der Waals surface area contributed by atoms with Crippen LogP contribution in [-0.2, 0) is 45.8 Å². The van der Waals surface area contributed by atoms with Gasteiger partial charge >= 0.3 is 0 Å². The molecule has 0 bridgehead atoms. The average Bonchev–Trinajstić information content (AvgIpc) is 3.43. The summed E-state index contributed by atoms with van der Waals surface area (Å²) in [6.45, 7) is 1.19. The molecule has 209 valence electrons. The van der Waals surface area contributed by atoms with Crippen molar-refractivity contribution in [1.29, 1.82) is 0 Å². The number of methoxy groups -OCH3 is 1. The van der Waals surface area contributed by atoms with Gasteiger partial charge in [-0.2, -0.15) is 24.9 Å². The van der Waals surface area contributed by atoms with E-state index < -0.39 is 0 Å². The molecule has 0 atom stereocenters. The number of nitrogens with zero attached hydrogens (tertiary/aromatic N) is 8. The molecule has 0 aliphatic carbocycles. The zero-order valence-electron chi connectivity index (χ0n) is 22.0. The fraction of sp³-hybridized carbons (Fsp3) is 0.115. The Balaban J connectivity index is 0.000000215. The van der Waals surface area contributed by atoms with Gasteiger partial charge in [-0.25, -0.2) is 4.98 Å². The van der Waals surface area contributed by atoms with Crippen molar-refractivity contribution in [2.45, 2.75) is 13.1 Å². The van der Waals surface area contributed by atoms with Gasteiger partial charge in [0.25, 0.3) is 6.01 Å². The number of hydrogen-bond donors (Lipinski definition) is 2. The molecule has 0 saturated carbocycles. The molecule has 0 spiro atoms. The number of rotatable bonds is 5. The molecule has 0 amide bonds. The van der Waals surface area contributed by atoms with Gasteiger partial charge < -0.3 is 23.6 Å². The van der Waals surface area contributed by atoms with Gasteiger partial charge in [-0.05, 0) is 50.3 Å². The van der Waals surface area contributed by atoms with Crippen LogP contribution in [-0.4, -0.2) is 46.1 Å². The quantitative estimate of drug-likeness (QED) is 0.134. The topological polar surface area (TPSA) is 148 Å². The van der Waals surface area contributed by atoms with Crippen LogP contribution >= 0.6 is 39.1 Å². The van der Waals surface area contributed by atoms with Crippen LogP contribution in [0.5, 0.6) is 6.01 Å². The largest absolute Gasteiger partial charge is 0.468 e. The smallest absolute Gasteiger partial charge is 0.298 e. The van der Waals surface area contributed by atoms with Gasteiger partial charge in [0, 0.05) is 32.7 Å². The second-order valence-electron chi connectivity index (χ2n) is 8.22. The molecule has 15 heteroatoms. The van der Waals surface area contributed by atoms with Crippen LogP contribution in [0.2, 0.25) is 10.6 Å². The van der Waals surface area contributed by atoms with E-state index in [2.05, 4.69) is 45.8 Å². The molecule has 4 N–H and O–H groups in total. The molecule has 4 heterocycles. The SMILES string of the molecule is COc1nc2c(N)nc(Cl)nc2n1Cc1ccccc1.Nc1nc(Cl)nc2c1nc(Br)n2Cc1ccccc1.[CH3-].[Y]. The summed E-state index contributed by atoms with van der Waals surface area (Å²) in [7, 11) is 1.55. The first-order valence-corrected chi connectivity index (χ1v) is 13.0. The minimum absolute atomic E-state index is 0. The molecule has 41 heavy (non-hydrogen) atoms. The van der Waals surface area contributed by atoms with Gasteiger partial charge in [0.15, 0.2) is 38.7 Å². The fourth-order valence-corrected chi connectivity index (χ4v) is 4.73. The maximum Gasteiger partial charge on any atom is 0.298 e. The van der Waals surface area contributed by atoms with Gasteiger partial charge in [0.05, 0.1) is 20.2 Å². The van der Waals surface area contributed by atoms with Crippen LogP contribution in [0, 0.1) is 7.43 Å². The van der Waals surface area contributed by atoms with Gasteiger partial charge in [0.2, 0.25) is 10.6 Å². The first kappa shape index (κ1) is 32.6. The Bertz CT molecular complexity index is 1770. The van der Waals surface area contributed by atoms with Gasteiger partial charge in [-0.15, -0.1) is 0 Å². The Morgan fingerprint density at radius 3 is 1.63 bits per heavy atom. The molecule has 0 aliphatic heterocycles. The third kappa shape index (κ3) is 7.31. The molecule has 2 aromatic carbocycles. The molecule has 4 aromatic heterocycles. The number of benzene rings is 2. The Kier molecular flexibility index (Phi) is 11.4. The predicted molar refractivity (Wildman–Crippen MR) is 161 cm³/mol. The Morgan fingerprint density at radius 2 is 1.15 bits per heavy atom. The van der Waals surface area contributed by atoms with Gasteiger partial charge in [-0.3, -0.25) is 9.13 Å². The van der Waals surface area contributed by atoms with Gasteiger partial charge in [-0.1, -0.05) is 60.7 Å². The van der Waals surface area contributed by atoms with E-state index in [-0.39, 0.29) is 62.3 Å². The summed E-state index contributed by atoms with van der Waals surface area (Å²) >= 11 is 15.1. The van der Waals surface area contributed by atoms with Crippen molar-refractivity contribution in [3.8, 4) is 6.01 Å². The number of nitrogen functional groups attached to an aromatic ring is 2. The summed E-state index contributed by atoms with van der Waals surface area (Å²) in [5.41, 5.74) is 16.1. The molecule has 1 radical (unpaired) electrons. The van der Waals surface area contributed by atoms with E-state index >= 15 is 0 Å². The Morgan fingerprint density at radius 1 is 0.707 bits per heavy atom. The van der Waals surface area contributed by atoms with Gasteiger partial charge in [0.1, 0.15) is 0 Å². The van der Waals surface area contributed by atoms with E-state index in [0.717, 1.165) is 11.1 Å². The van der Waals surface area contributed by atoms with Crippen LogP contribution in [0.1, 0.15) is 11.1 Å². The van der Waals surface area contributed by atoms with E-state index in [1.807, 2.05) is 69.8 Å². The van der Waals surface area contributed by atoms with Crippen molar-refractivity contribution in [2.24, 2.45) is 0 Å². The third-order valence-corrected chi connectivity index (χ3v) is 6.60. The average molecular weight is 732 g/mol. The van der Waals surface area contributed by atoms with Crippen molar-refractivity contribution < 1.29 is 37.4 Å². The summed E-state index contributed by atoms with van der Waals surface area (Å²) in [4.78, 5) is 24.8. The normalized spacial score (nSPS) is 10.4. The minimum atomic E-state index is 0. The van der Waals surface area contributed by atoms with E-state index in [4.69, 9.17) is 39.4 Å². The summed E-state index contributed by atoms with van der Waals surface area (Å²) in [6, 6.07) is 20.4. The van der Waals surface area contributed by atoms with Crippen LogP contribution in [0.25, 0.3) is 22.3 Å². The summed E-state index contributed by atoms with van der Waals surface area (Å²) in [6.07, 6.45) is 0. The molecule has 0 aliphatic rings. The van der Waals surface area contributed by atoms with Crippen LogP contribution in [0.15, 0.2) is 65.4 Å². The second kappa shape index (κ2) is 14.3. The fourth-order valence-electron chi connectivity index (χ4n) is 3.91. The van der Waals surface area contributed by atoms with Crippen molar-refractivity contribution in [3.05, 3.63) is 94.5 Å². The van der Waals surface area contributed by atoms with Crippen LogP contribution in [0.4, 0.5) is 11.6 Å². The number of fused-ring (bicyclic) bond motifs is 2. The molecular weight excluding hydrogens is 708 g/mol. The molecular formula is C26H24BrCl2N10OY-. The van der Waals surface area contributed by atoms with E-state index in [1.54, 1.807) is 7.11 Å². The molecule has 11 nitrogen and oxygen atoms in total. The first-order valence-electron chi connectivity index (χ1n) is 11.5. The number of aromatic nitrogens is 8. The summed E-state index contributed by atoms with van der Waals surface area (Å²) in [5.74, 6) is 0.521. The minimum Gasteiger partial charge on any atom is -0.468 e. The molecule has 0 saturated heterocycles. The second-order valence-corrected chi connectivity index (χ2v) is 9.61. The van der Waals surface area contributed by atoms with Crippen LogP contribution in [0.3, 0.4) is 0 Å². The number of imidazole rings is 2. The summed E-state index contributed by atoms with van der Waals surface area (Å²) in [5, 5.41) is 0.207. The zero-order chi connectivity index (χ0) is 27.5. The van der Waals surface area contributed by atoms with Crippen LogP contribution < -0.4 is 16.2 Å². The maximum absolute atomic E-state index is 5.87. The maximum atomic E-state index is 5.87. The van der Waals surface area contributed by atoms with E-state index in [9.17, 15) is 0 Å². The number of halogens is 3. The Hall–Kier alpha value is -2.90. The van der Waals surface area contributed by atoms with Crippen molar-refractivity contribution >= 4 is 73.1 Å². The standard InChI is InChI=1S/C13H12ClN5O.C12H9BrClN5.CH3.Y/c1-20-13-16-9-10(15)17-12(14)18-11(9)19(13)7-8-5-3-2-4-6-8;13-11-16-8-9(15)17-12(14)18-10(8)19(11)6-7-4-2-1-3-5-7;;/h2-6H,7H2,1H3,(H2,15,17,18);1-5H,6H2,(H2,15,17,18);1H3;/q;;-1;. The van der Waals surface area contributed by atoms with Crippen molar-refractivity contribution in [2.75, 3.05) is 18.6 Å². The van der Waals surface area contributed by atoms with Crippen molar-refractivity contribution in [1.82, 2.24) is 39.0 Å². The molecule has 0 unspecified atom stereocenters. The third-order valence-electron chi connectivity index (χ3n) is 5.66. The van der Waals surface area contributed by atoms with E-state index in [0.29, 0.717) is 46.2 Å². The number of hydrogen-bond acceptors (Lipinski definition) is 9. The molecule has 0 fully saturated rings. The number of nitrogens with two attached hydrogens (primary N) is 2. The summed E-state index contributed by atoms with van der Waals surface area (Å²) < 4.78 is 9.64. The number of anilines is 2. The van der Waals surface area contributed by atoms with E-state index in [1.165, 1.54) is 0 Å².